The monoisotopic (exact) mass is 412 g/mol. The Balaban J connectivity index is 1.92. The number of nitrogens with two attached hydrogens (primary N) is 2. The number of amides is 1. The first-order chi connectivity index (χ1) is 12.5. The number of carbonyl (C=O) groups excluding carboxylic acids is 1. The van der Waals surface area contributed by atoms with Crippen molar-refractivity contribution < 1.29 is 21.6 Å². The first-order valence-electron chi connectivity index (χ1n) is 7.75. The molecule has 0 saturated carbocycles. The van der Waals surface area contributed by atoms with Crippen LogP contribution in [-0.4, -0.2) is 28.8 Å². The summed E-state index contributed by atoms with van der Waals surface area (Å²) in [6.07, 6.45) is 0. The van der Waals surface area contributed by atoms with Crippen molar-refractivity contribution >= 4 is 31.6 Å². The zero-order valence-corrected chi connectivity index (χ0v) is 16.0. The molecule has 2 aromatic rings. The lowest BCUT2D eigenvalue weighted by molar-refractivity contribution is -0.117. The topological polar surface area (TPSA) is 161 Å². The lowest BCUT2D eigenvalue weighted by atomic mass is 10.2. The van der Waals surface area contributed by atoms with Gasteiger partial charge >= 0.3 is 0 Å². The highest BCUT2D eigenvalue weighted by atomic mass is 32.2. The Morgan fingerprint density at radius 2 is 1.33 bits per heavy atom. The van der Waals surface area contributed by atoms with E-state index in [9.17, 15) is 21.6 Å². The molecule has 0 aromatic heterocycles. The van der Waals surface area contributed by atoms with E-state index in [4.69, 9.17) is 10.3 Å². The quantitative estimate of drug-likeness (QED) is 0.504. The van der Waals surface area contributed by atoms with Gasteiger partial charge in [0.15, 0.2) is 0 Å². The van der Waals surface area contributed by atoms with Gasteiger partial charge < -0.3 is 10.6 Å². The summed E-state index contributed by atoms with van der Waals surface area (Å²) in [6.45, 7) is 2.00. The lowest BCUT2D eigenvalue weighted by Gasteiger charge is -2.14. The molecule has 2 rings (SSSR count). The molecule has 1 atom stereocenters. The average Bonchev–Trinajstić information content (AvgIpc) is 2.59. The first kappa shape index (κ1) is 21.0. The van der Waals surface area contributed by atoms with Crippen molar-refractivity contribution in [3.8, 4) is 0 Å². The van der Waals surface area contributed by atoms with Crippen LogP contribution in [0.5, 0.6) is 0 Å². The highest BCUT2D eigenvalue weighted by Gasteiger charge is 2.14. The molecule has 0 spiro atoms. The van der Waals surface area contributed by atoms with Crippen LogP contribution in [-0.2, 0) is 31.4 Å². The molecule has 0 aliphatic heterocycles. The summed E-state index contributed by atoms with van der Waals surface area (Å²) < 4.78 is 44.9. The molecule has 0 unspecified atom stereocenters. The molecule has 27 heavy (non-hydrogen) atoms. The van der Waals surface area contributed by atoms with Gasteiger partial charge in [0, 0.05) is 12.2 Å². The summed E-state index contributed by atoms with van der Waals surface area (Å²) in [5, 5.41) is 15.7. The van der Waals surface area contributed by atoms with E-state index in [1.165, 1.54) is 36.4 Å². The fourth-order valence-electron chi connectivity index (χ4n) is 2.14. The van der Waals surface area contributed by atoms with Crippen molar-refractivity contribution in [2.45, 2.75) is 29.3 Å². The van der Waals surface area contributed by atoms with Crippen LogP contribution in [0.4, 0.5) is 5.69 Å². The number of primary sulfonamides is 2. The van der Waals surface area contributed by atoms with Crippen LogP contribution in [0.3, 0.4) is 0 Å². The standard InChI is InChI=1S/C16H20N4O5S2/c1-11(19-10-12-2-6-14(7-3-12)26(17,22)23)16(21)20-13-4-8-15(9-5-13)27(18,24)25/h2-9,11,19H,10H2,1H3,(H,20,21)(H2,17,22,23)(H2,18,24,25)/t11-/m1/s1. The summed E-state index contributed by atoms with van der Waals surface area (Å²) in [5.41, 5.74) is 1.21. The van der Waals surface area contributed by atoms with E-state index < -0.39 is 26.1 Å². The van der Waals surface area contributed by atoms with E-state index in [2.05, 4.69) is 10.6 Å². The molecule has 0 fully saturated rings. The van der Waals surface area contributed by atoms with E-state index >= 15 is 0 Å². The predicted octanol–water partition coefficient (Wildman–Crippen LogP) is 0.0982. The number of rotatable bonds is 7. The summed E-state index contributed by atoms with van der Waals surface area (Å²) in [5.74, 6) is -0.320. The number of hydrogen-bond acceptors (Lipinski definition) is 6. The molecular formula is C16H20N4O5S2. The number of benzene rings is 2. The van der Waals surface area contributed by atoms with Crippen molar-refractivity contribution in [1.29, 1.82) is 0 Å². The fraction of sp³-hybridized carbons (Fsp3) is 0.188. The van der Waals surface area contributed by atoms with E-state index in [1.807, 2.05) is 0 Å². The van der Waals surface area contributed by atoms with Gasteiger partial charge in [0.2, 0.25) is 26.0 Å². The van der Waals surface area contributed by atoms with Crippen LogP contribution in [0, 0.1) is 0 Å². The second-order valence-corrected chi connectivity index (χ2v) is 8.97. The van der Waals surface area contributed by atoms with Crippen molar-refractivity contribution in [3.63, 3.8) is 0 Å². The van der Waals surface area contributed by atoms with E-state index in [0.29, 0.717) is 12.2 Å². The number of carbonyl (C=O) groups is 1. The summed E-state index contributed by atoms with van der Waals surface area (Å²) in [4.78, 5) is 12.2. The zero-order valence-electron chi connectivity index (χ0n) is 14.4. The van der Waals surface area contributed by atoms with Gasteiger partial charge in [-0.1, -0.05) is 12.1 Å². The highest BCUT2D eigenvalue weighted by Crippen LogP contribution is 2.13. The SMILES string of the molecule is C[C@@H](NCc1ccc(S(N)(=O)=O)cc1)C(=O)Nc1ccc(S(N)(=O)=O)cc1. The van der Waals surface area contributed by atoms with Crippen LogP contribution in [0.1, 0.15) is 12.5 Å². The third-order valence-corrected chi connectivity index (χ3v) is 5.57. The number of anilines is 1. The minimum atomic E-state index is -3.79. The Hall–Kier alpha value is -2.31. The maximum Gasteiger partial charge on any atom is 0.241 e. The minimum absolute atomic E-state index is 0.0139. The van der Waals surface area contributed by atoms with Gasteiger partial charge in [-0.25, -0.2) is 27.1 Å². The molecule has 2 aromatic carbocycles. The molecule has 9 nitrogen and oxygen atoms in total. The molecule has 0 heterocycles. The van der Waals surface area contributed by atoms with Crippen LogP contribution < -0.4 is 20.9 Å². The van der Waals surface area contributed by atoms with Gasteiger partial charge in [-0.05, 0) is 48.9 Å². The first-order valence-corrected chi connectivity index (χ1v) is 10.8. The van der Waals surface area contributed by atoms with E-state index in [-0.39, 0.29) is 15.7 Å². The fourth-order valence-corrected chi connectivity index (χ4v) is 3.17. The van der Waals surface area contributed by atoms with Crippen LogP contribution in [0.2, 0.25) is 0 Å². The predicted molar refractivity (Wildman–Crippen MR) is 101 cm³/mol. The second kappa shape index (κ2) is 8.15. The molecule has 6 N–H and O–H groups in total. The van der Waals surface area contributed by atoms with Gasteiger partial charge in [-0.15, -0.1) is 0 Å². The molecule has 0 saturated heterocycles. The number of hydrogen-bond donors (Lipinski definition) is 4. The Bertz CT molecular complexity index is 1020. The zero-order chi connectivity index (χ0) is 20.2. The molecule has 0 bridgehead atoms. The Morgan fingerprint density at radius 1 is 0.889 bits per heavy atom. The number of sulfonamides is 2. The van der Waals surface area contributed by atoms with Gasteiger partial charge in [0.25, 0.3) is 0 Å². The van der Waals surface area contributed by atoms with Crippen molar-refractivity contribution in [3.05, 3.63) is 54.1 Å². The molecule has 146 valence electrons. The Morgan fingerprint density at radius 3 is 1.78 bits per heavy atom. The van der Waals surface area contributed by atoms with Crippen molar-refractivity contribution in [2.75, 3.05) is 5.32 Å². The average molecular weight is 412 g/mol. The largest absolute Gasteiger partial charge is 0.325 e. The maximum atomic E-state index is 12.2. The molecule has 0 aliphatic rings. The Labute approximate surface area is 157 Å². The normalized spacial score (nSPS) is 13.1. The van der Waals surface area contributed by atoms with Crippen molar-refractivity contribution in [2.24, 2.45) is 10.3 Å². The second-order valence-electron chi connectivity index (χ2n) is 5.85. The van der Waals surface area contributed by atoms with E-state index in [0.717, 1.165) is 5.56 Å². The maximum absolute atomic E-state index is 12.2. The summed E-state index contributed by atoms with van der Waals surface area (Å²) in [6, 6.07) is 10.9. The summed E-state index contributed by atoms with van der Waals surface area (Å²) >= 11 is 0. The van der Waals surface area contributed by atoms with Crippen molar-refractivity contribution in [1.82, 2.24) is 5.32 Å². The minimum Gasteiger partial charge on any atom is -0.325 e. The van der Waals surface area contributed by atoms with Gasteiger partial charge in [-0.2, -0.15) is 0 Å². The Kier molecular flexibility index (Phi) is 6.34. The van der Waals surface area contributed by atoms with E-state index in [1.54, 1.807) is 19.1 Å². The third-order valence-electron chi connectivity index (χ3n) is 3.71. The lowest BCUT2D eigenvalue weighted by Crippen LogP contribution is -2.37. The molecule has 1 amide bonds. The van der Waals surface area contributed by atoms with Gasteiger partial charge in [-0.3, -0.25) is 4.79 Å². The van der Waals surface area contributed by atoms with Crippen LogP contribution in [0.25, 0.3) is 0 Å². The molecule has 11 heteroatoms. The van der Waals surface area contributed by atoms with Gasteiger partial charge in [0.1, 0.15) is 0 Å². The van der Waals surface area contributed by atoms with Gasteiger partial charge in [0.05, 0.1) is 15.8 Å². The van der Waals surface area contributed by atoms with Crippen LogP contribution >= 0.6 is 0 Å². The molecule has 0 radical (unpaired) electrons. The molecular weight excluding hydrogens is 392 g/mol. The summed E-state index contributed by atoms with van der Waals surface area (Å²) in [7, 11) is -7.53. The van der Waals surface area contributed by atoms with Crippen LogP contribution in [0.15, 0.2) is 58.3 Å². The number of nitrogens with one attached hydrogen (secondary N) is 2. The highest BCUT2D eigenvalue weighted by molar-refractivity contribution is 7.89. The smallest absolute Gasteiger partial charge is 0.241 e. The third kappa shape index (κ3) is 6.12. The molecule has 0 aliphatic carbocycles.